The summed E-state index contributed by atoms with van der Waals surface area (Å²) < 4.78 is 26.8. The number of aliphatic hydroxyl groups excluding tert-OH is 1. The zero-order valence-corrected chi connectivity index (χ0v) is 21.7. The molecule has 0 radical (unpaired) electrons. The monoisotopic (exact) mass is 537 g/mol. The Kier molecular flexibility index (Phi) is 9.12. The highest BCUT2D eigenvalue weighted by Crippen LogP contribution is 2.30. The maximum Gasteiger partial charge on any atom is 0.273 e. The molecule has 1 aromatic heterocycles. The summed E-state index contributed by atoms with van der Waals surface area (Å²) in [6, 6.07) is 4.85. The van der Waals surface area contributed by atoms with E-state index in [9.17, 15) is 13.6 Å². The first-order chi connectivity index (χ1) is 17.8. The van der Waals surface area contributed by atoms with Crippen LogP contribution < -0.4 is 16.0 Å². The van der Waals surface area contributed by atoms with Crippen LogP contribution in [0.2, 0.25) is 5.15 Å². The van der Waals surface area contributed by atoms with Gasteiger partial charge in [0.1, 0.15) is 0 Å². The Morgan fingerprint density at radius 1 is 1.19 bits per heavy atom. The molecule has 37 heavy (non-hydrogen) atoms. The van der Waals surface area contributed by atoms with Crippen LogP contribution in [0, 0.1) is 11.6 Å². The van der Waals surface area contributed by atoms with Crippen molar-refractivity contribution in [1.29, 1.82) is 0 Å². The third-order valence-corrected chi connectivity index (χ3v) is 7.44. The lowest BCUT2D eigenvalue weighted by Gasteiger charge is -2.47. The molecule has 0 bridgehead atoms. The minimum atomic E-state index is -0.818. The average molecular weight is 538 g/mol. The van der Waals surface area contributed by atoms with Crippen molar-refractivity contribution in [2.24, 2.45) is 0 Å². The number of rotatable bonds is 8. The summed E-state index contributed by atoms with van der Waals surface area (Å²) in [6.07, 6.45) is 2.96. The molecule has 4 rings (SSSR count). The zero-order valence-electron chi connectivity index (χ0n) is 21.0. The number of nitrogens with two attached hydrogens (primary N) is 1. The van der Waals surface area contributed by atoms with E-state index in [0.717, 1.165) is 51.0 Å². The average Bonchev–Trinajstić information content (AvgIpc) is 2.90. The summed E-state index contributed by atoms with van der Waals surface area (Å²) in [5.74, 6) is -1.68. The Morgan fingerprint density at radius 2 is 1.95 bits per heavy atom. The fourth-order valence-electron chi connectivity index (χ4n) is 5.25. The second kappa shape index (κ2) is 12.3. The summed E-state index contributed by atoms with van der Waals surface area (Å²) in [7, 11) is 0. The lowest BCUT2D eigenvalue weighted by molar-refractivity contribution is 0.0610. The molecule has 1 atom stereocenters. The largest absolute Gasteiger partial charge is 0.395 e. The SMILES string of the molecule is CC[C@H]1CN(c2nc(N)c(C(=O)NCCO)nc2Cl)CCN1C1CCN(Cc2ccc(F)c(F)c2)CC1. The molecule has 202 valence electrons. The topological polar surface area (TPSA) is 111 Å². The van der Waals surface area contributed by atoms with Crippen molar-refractivity contribution in [2.45, 2.75) is 44.8 Å². The van der Waals surface area contributed by atoms with E-state index in [4.69, 9.17) is 22.4 Å². The Morgan fingerprint density at radius 3 is 2.62 bits per heavy atom. The standard InChI is InChI=1S/C25H34ClF2N7O2/c1-2-17-15-34(24-22(26)31-21(23(29)32-24)25(37)30-7-12-36)10-11-35(17)18-5-8-33(9-6-18)14-16-3-4-19(27)20(28)13-16/h3-4,13,17-18,36H,2,5-12,14-15H2,1H3,(H2,29,32)(H,30,37)/t17-/m0/s1. The molecule has 2 saturated heterocycles. The van der Waals surface area contributed by atoms with Crippen LogP contribution in [0.4, 0.5) is 20.4 Å². The molecule has 3 heterocycles. The predicted molar refractivity (Wildman–Crippen MR) is 139 cm³/mol. The van der Waals surface area contributed by atoms with Gasteiger partial charge in [-0.3, -0.25) is 14.6 Å². The molecule has 0 spiro atoms. The van der Waals surface area contributed by atoms with E-state index in [2.05, 4.69) is 36.9 Å². The molecule has 1 aromatic carbocycles. The van der Waals surface area contributed by atoms with E-state index in [1.807, 2.05) is 0 Å². The van der Waals surface area contributed by atoms with Gasteiger partial charge in [0.15, 0.2) is 34.1 Å². The third-order valence-electron chi connectivity index (χ3n) is 7.19. The first-order valence-electron chi connectivity index (χ1n) is 12.7. The quantitative estimate of drug-likeness (QED) is 0.470. The van der Waals surface area contributed by atoms with E-state index in [1.54, 1.807) is 6.07 Å². The molecule has 9 nitrogen and oxygen atoms in total. The first-order valence-corrected chi connectivity index (χ1v) is 13.1. The zero-order chi connectivity index (χ0) is 26.5. The molecule has 2 aliphatic rings. The van der Waals surface area contributed by atoms with Crippen LogP contribution in [-0.2, 0) is 6.54 Å². The smallest absolute Gasteiger partial charge is 0.273 e. The lowest BCUT2D eigenvalue weighted by atomic mass is 9.98. The normalized spacial score (nSPS) is 19.8. The van der Waals surface area contributed by atoms with Crippen molar-refractivity contribution in [3.8, 4) is 0 Å². The number of carbonyl (C=O) groups excluding carboxylic acids is 1. The first kappa shape index (κ1) is 27.4. The number of amides is 1. The number of halogens is 3. The number of nitrogen functional groups attached to an aromatic ring is 1. The number of benzene rings is 1. The molecule has 2 aliphatic heterocycles. The number of nitrogens with one attached hydrogen (secondary N) is 1. The van der Waals surface area contributed by atoms with Crippen LogP contribution >= 0.6 is 11.6 Å². The van der Waals surface area contributed by atoms with Gasteiger partial charge in [-0.2, -0.15) is 0 Å². The number of likely N-dealkylation sites (tertiary alicyclic amines) is 1. The second-order valence-corrected chi connectivity index (χ2v) is 9.91. The van der Waals surface area contributed by atoms with E-state index in [-0.39, 0.29) is 29.8 Å². The highest BCUT2D eigenvalue weighted by Gasteiger charge is 2.34. The van der Waals surface area contributed by atoms with Crippen LogP contribution in [0.5, 0.6) is 0 Å². The number of anilines is 2. The molecule has 1 amide bonds. The maximum absolute atomic E-state index is 13.6. The maximum atomic E-state index is 13.6. The number of aromatic nitrogens is 2. The summed E-state index contributed by atoms with van der Waals surface area (Å²) in [4.78, 5) is 27.7. The molecule has 2 aromatic rings. The van der Waals surface area contributed by atoms with E-state index >= 15 is 0 Å². The predicted octanol–water partition coefficient (Wildman–Crippen LogP) is 2.28. The van der Waals surface area contributed by atoms with Gasteiger partial charge in [-0.05, 0) is 50.0 Å². The number of piperidine rings is 1. The van der Waals surface area contributed by atoms with Gasteiger partial charge >= 0.3 is 0 Å². The second-order valence-electron chi connectivity index (χ2n) is 9.55. The van der Waals surface area contributed by atoms with E-state index < -0.39 is 17.5 Å². The van der Waals surface area contributed by atoms with Crippen molar-refractivity contribution in [3.63, 3.8) is 0 Å². The van der Waals surface area contributed by atoms with Crippen LogP contribution in [0.1, 0.15) is 42.2 Å². The minimum absolute atomic E-state index is 0.00118. The van der Waals surface area contributed by atoms with E-state index in [0.29, 0.717) is 31.0 Å². The Labute approximate surface area is 220 Å². The van der Waals surface area contributed by atoms with Gasteiger partial charge in [0.25, 0.3) is 5.91 Å². The van der Waals surface area contributed by atoms with Gasteiger partial charge in [0.2, 0.25) is 0 Å². The number of aliphatic hydroxyl groups is 1. The fourth-order valence-corrected chi connectivity index (χ4v) is 5.50. The Bertz CT molecular complexity index is 1100. The highest BCUT2D eigenvalue weighted by molar-refractivity contribution is 6.32. The number of piperazine rings is 1. The van der Waals surface area contributed by atoms with Gasteiger partial charge in [-0.15, -0.1) is 0 Å². The number of carbonyl (C=O) groups is 1. The van der Waals surface area contributed by atoms with Gasteiger partial charge in [0.05, 0.1) is 6.61 Å². The van der Waals surface area contributed by atoms with Gasteiger partial charge in [-0.1, -0.05) is 24.6 Å². The molecular formula is C25H34ClF2N7O2. The summed E-state index contributed by atoms with van der Waals surface area (Å²) >= 11 is 6.43. The van der Waals surface area contributed by atoms with Crippen molar-refractivity contribution < 1.29 is 18.7 Å². The Balaban J connectivity index is 1.35. The molecule has 0 unspecified atom stereocenters. The number of hydrogen-bond donors (Lipinski definition) is 3. The van der Waals surface area contributed by atoms with Crippen molar-refractivity contribution >= 4 is 29.1 Å². The summed E-state index contributed by atoms with van der Waals surface area (Å²) in [5, 5.41) is 11.5. The van der Waals surface area contributed by atoms with Crippen LogP contribution in [0.3, 0.4) is 0 Å². The third kappa shape index (κ3) is 6.46. The fraction of sp³-hybridized carbons (Fsp3) is 0.560. The van der Waals surface area contributed by atoms with Crippen LogP contribution in [0.25, 0.3) is 0 Å². The lowest BCUT2D eigenvalue weighted by Crippen LogP contribution is -2.58. The molecule has 12 heteroatoms. The number of nitrogens with zero attached hydrogens (tertiary/aromatic N) is 5. The van der Waals surface area contributed by atoms with Gasteiger partial charge in [0, 0.05) is 44.8 Å². The molecule has 0 saturated carbocycles. The summed E-state index contributed by atoms with van der Waals surface area (Å²) in [5.41, 5.74) is 6.76. The Hall–Kier alpha value is -2.60. The van der Waals surface area contributed by atoms with Crippen molar-refractivity contribution in [2.75, 3.05) is 56.5 Å². The molecular weight excluding hydrogens is 504 g/mol. The van der Waals surface area contributed by atoms with Crippen LogP contribution in [0.15, 0.2) is 18.2 Å². The van der Waals surface area contributed by atoms with Crippen molar-refractivity contribution in [3.05, 3.63) is 46.2 Å². The van der Waals surface area contributed by atoms with Gasteiger partial charge < -0.3 is 21.1 Å². The molecule has 2 fully saturated rings. The van der Waals surface area contributed by atoms with Crippen molar-refractivity contribution in [1.82, 2.24) is 25.1 Å². The summed E-state index contributed by atoms with van der Waals surface area (Å²) in [6.45, 7) is 6.72. The van der Waals surface area contributed by atoms with Gasteiger partial charge in [-0.25, -0.2) is 18.7 Å². The number of hydrogen-bond acceptors (Lipinski definition) is 8. The van der Waals surface area contributed by atoms with E-state index in [1.165, 1.54) is 12.1 Å². The van der Waals surface area contributed by atoms with Crippen LogP contribution in [-0.4, -0.2) is 88.7 Å². The minimum Gasteiger partial charge on any atom is -0.395 e. The molecule has 0 aliphatic carbocycles. The highest BCUT2D eigenvalue weighted by atomic mass is 35.5. The molecule has 4 N–H and O–H groups in total.